The first-order valence-electron chi connectivity index (χ1n) is 3.05. The molecule has 0 aromatic heterocycles. The lowest BCUT2D eigenvalue weighted by atomic mass is 10.4. The molecule has 8 heavy (non-hydrogen) atoms. The molecule has 0 spiro atoms. The maximum Gasteiger partial charge on any atom is 0.0550 e. The topological polar surface area (TPSA) is 0 Å². The fourth-order valence-corrected chi connectivity index (χ4v) is 1.15. The molecule has 46 valence electrons. The first-order chi connectivity index (χ1) is 3.77. The minimum Gasteiger partial charge on any atom is -0.103 e. The third-order valence-corrected chi connectivity index (χ3v) is 1.87. The second-order valence-electron chi connectivity index (χ2n) is 2.20. The molecule has 0 saturated heterocycles. The van der Waals surface area contributed by atoms with E-state index in [4.69, 9.17) is 0 Å². The molecule has 0 aromatic carbocycles. The predicted octanol–water partition coefficient (Wildman–Crippen LogP) is 2.14. The number of allylic oxidation sites excluding steroid dienone is 2. The maximum atomic E-state index is 3.62. The van der Waals surface area contributed by atoms with Crippen LogP contribution >= 0.6 is 0 Å². The van der Waals surface area contributed by atoms with Crippen molar-refractivity contribution in [1.29, 1.82) is 0 Å². The quantitative estimate of drug-likeness (QED) is 0.401. The Morgan fingerprint density at radius 3 is 2.50 bits per heavy atom. The van der Waals surface area contributed by atoms with Crippen LogP contribution in [0.25, 0.3) is 0 Å². The molecule has 0 saturated carbocycles. The Bertz CT molecular complexity index is 82.4. The minimum atomic E-state index is -0.430. The van der Waals surface area contributed by atoms with Crippen LogP contribution in [0.4, 0.5) is 0 Å². The molecule has 1 heteroatoms. The van der Waals surface area contributed by atoms with E-state index in [0.717, 1.165) is 6.42 Å². The molecule has 0 atom stereocenters. The van der Waals surface area contributed by atoms with Crippen LogP contribution in [0, 0.1) is 0 Å². The molecule has 0 aliphatic heterocycles. The highest BCUT2D eigenvalue weighted by molar-refractivity contribution is 6.61. The van der Waals surface area contributed by atoms with Gasteiger partial charge < -0.3 is 0 Å². The van der Waals surface area contributed by atoms with Crippen molar-refractivity contribution in [2.75, 3.05) is 0 Å². The number of hydrogen-bond acceptors (Lipinski definition) is 0. The molecule has 0 unspecified atom stereocenters. The maximum absolute atomic E-state index is 3.62. The van der Waals surface area contributed by atoms with Crippen molar-refractivity contribution < 1.29 is 0 Å². The minimum absolute atomic E-state index is 0.430. The Labute approximate surface area is 53.5 Å². The molecule has 0 nitrogen and oxygen atoms in total. The molecular weight excluding hydrogens is 112 g/mol. The summed E-state index contributed by atoms with van der Waals surface area (Å²) in [6, 6.07) is 0. The van der Waals surface area contributed by atoms with Crippen LogP contribution in [0.1, 0.15) is 6.42 Å². The Hall–Kier alpha value is -0.303. The fourth-order valence-electron chi connectivity index (χ4n) is 0.447. The van der Waals surface area contributed by atoms with Gasteiger partial charge in [0.15, 0.2) is 0 Å². The lowest BCUT2D eigenvalue weighted by Gasteiger charge is -1.87. The first kappa shape index (κ1) is 7.70. The van der Waals surface area contributed by atoms with Crippen LogP contribution in [0.15, 0.2) is 24.4 Å². The predicted molar refractivity (Wildman–Crippen MR) is 42.8 cm³/mol. The average Bonchev–Trinajstić information content (AvgIpc) is 1.66. The van der Waals surface area contributed by atoms with Gasteiger partial charge >= 0.3 is 0 Å². The SMILES string of the molecule is C=CCC=C[SiH](C)C. The highest BCUT2D eigenvalue weighted by Crippen LogP contribution is 1.86. The largest absolute Gasteiger partial charge is 0.103 e. The van der Waals surface area contributed by atoms with Crippen LogP contribution in [0.3, 0.4) is 0 Å². The van der Waals surface area contributed by atoms with Crippen molar-refractivity contribution in [3.05, 3.63) is 24.4 Å². The van der Waals surface area contributed by atoms with Crippen LogP contribution in [0.5, 0.6) is 0 Å². The summed E-state index contributed by atoms with van der Waals surface area (Å²) in [4.78, 5) is 0. The highest BCUT2D eigenvalue weighted by Gasteiger charge is 1.81. The van der Waals surface area contributed by atoms with Gasteiger partial charge in [-0.05, 0) is 6.42 Å². The van der Waals surface area contributed by atoms with E-state index < -0.39 is 8.80 Å². The van der Waals surface area contributed by atoms with Crippen molar-refractivity contribution in [3.63, 3.8) is 0 Å². The van der Waals surface area contributed by atoms with Gasteiger partial charge in [-0.25, -0.2) is 0 Å². The second-order valence-corrected chi connectivity index (χ2v) is 5.07. The molecule has 0 N–H and O–H groups in total. The zero-order valence-corrected chi connectivity index (χ0v) is 6.88. The summed E-state index contributed by atoms with van der Waals surface area (Å²) in [5, 5.41) is 0. The second kappa shape index (κ2) is 4.85. The van der Waals surface area contributed by atoms with Crippen LogP contribution in [-0.4, -0.2) is 8.80 Å². The zero-order chi connectivity index (χ0) is 6.41. The van der Waals surface area contributed by atoms with Crippen molar-refractivity contribution in [1.82, 2.24) is 0 Å². The summed E-state index contributed by atoms with van der Waals surface area (Å²) in [7, 11) is -0.430. The Balaban J connectivity index is 3.19. The van der Waals surface area contributed by atoms with Crippen LogP contribution in [-0.2, 0) is 0 Å². The lowest BCUT2D eigenvalue weighted by Crippen LogP contribution is -1.91. The number of hydrogen-bond donors (Lipinski definition) is 0. The molecule has 0 amide bonds. The Kier molecular flexibility index (Phi) is 4.66. The van der Waals surface area contributed by atoms with E-state index in [-0.39, 0.29) is 0 Å². The van der Waals surface area contributed by atoms with Crippen molar-refractivity contribution in [2.45, 2.75) is 19.5 Å². The van der Waals surface area contributed by atoms with Gasteiger partial charge in [0.1, 0.15) is 0 Å². The van der Waals surface area contributed by atoms with Crippen molar-refractivity contribution in [3.8, 4) is 0 Å². The molecule has 0 rings (SSSR count). The summed E-state index contributed by atoms with van der Waals surface area (Å²) in [6.07, 6.45) is 5.16. The zero-order valence-electron chi connectivity index (χ0n) is 5.72. The smallest absolute Gasteiger partial charge is 0.0550 e. The van der Waals surface area contributed by atoms with Gasteiger partial charge in [0, 0.05) is 0 Å². The van der Waals surface area contributed by atoms with E-state index in [1.165, 1.54) is 0 Å². The van der Waals surface area contributed by atoms with Crippen LogP contribution < -0.4 is 0 Å². The molecular formula is C7H14Si. The van der Waals surface area contributed by atoms with Gasteiger partial charge in [0.25, 0.3) is 0 Å². The first-order valence-corrected chi connectivity index (χ1v) is 6.02. The summed E-state index contributed by atoms with van der Waals surface area (Å²) in [5.41, 5.74) is 2.32. The average molecular weight is 126 g/mol. The standard InChI is InChI=1S/C7H14Si/c1-4-5-6-7-8(2)3/h4,6-8H,1,5H2,2-3H3. The molecule has 0 aromatic rings. The molecule has 0 fully saturated rings. The van der Waals surface area contributed by atoms with Gasteiger partial charge in [-0.2, -0.15) is 0 Å². The van der Waals surface area contributed by atoms with Gasteiger partial charge in [-0.3, -0.25) is 0 Å². The van der Waals surface area contributed by atoms with E-state index in [9.17, 15) is 0 Å². The molecule has 0 radical (unpaired) electrons. The molecule has 0 bridgehead atoms. The normalized spacial score (nSPS) is 10.9. The van der Waals surface area contributed by atoms with Crippen molar-refractivity contribution in [2.24, 2.45) is 0 Å². The van der Waals surface area contributed by atoms with Crippen molar-refractivity contribution >= 4 is 8.80 Å². The Morgan fingerprint density at radius 1 is 1.50 bits per heavy atom. The van der Waals surface area contributed by atoms with Crippen LogP contribution in [0.2, 0.25) is 13.1 Å². The monoisotopic (exact) mass is 126 g/mol. The van der Waals surface area contributed by atoms with E-state index in [1.54, 1.807) is 0 Å². The van der Waals surface area contributed by atoms with Gasteiger partial charge in [0.2, 0.25) is 0 Å². The molecule has 0 heterocycles. The third-order valence-electron chi connectivity index (χ3n) is 0.824. The van der Waals surface area contributed by atoms with Gasteiger partial charge in [-0.1, -0.05) is 25.2 Å². The Morgan fingerprint density at radius 2 is 2.12 bits per heavy atom. The highest BCUT2D eigenvalue weighted by atomic mass is 28.3. The van der Waals surface area contributed by atoms with E-state index in [1.807, 2.05) is 6.08 Å². The fraction of sp³-hybridized carbons (Fsp3) is 0.429. The van der Waals surface area contributed by atoms with E-state index in [0.29, 0.717) is 0 Å². The summed E-state index contributed by atoms with van der Waals surface area (Å²) in [6.45, 7) is 8.23. The third kappa shape index (κ3) is 5.70. The lowest BCUT2D eigenvalue weighted by molar-refractivity contribution is 1.41. The number of rotatable bonds is 3. The van der Waals surface area contributed by atoms with E-state index >= 15 is 0 Å². The van der Waals surface area contributed by atoms with Gasteiger partial charge in [0.05, 0.1) is 8.80 Å². The summed E-state index contributed by atoms with van der Waals surface area (Å²) >= 11 is 0. The summed E-state index contributed by atoms with van der Waals surface area (Å²) < 4.78 is 0. The van der Waals surface area contributed by atoms with Gasteiger partial charge in [-0.15, -0.1) is 12.3 Å². The molecule has 0 aliphatic rings. The molecule has 0 aliphatic carbocycles. The summed E-state index contributed by atoms with van der Waals surface area (Å²) in [5.74, 6) is 0. The van der Waals surface area contributed by atoms with E-state index in [2.05, 4.69) is 31.4 Å².